The zero-order valence-electron chi connectivity index (χ0n) is 24.0. The summed E-state index contributed by atoms with van der Waals surface area (Å²) in [6.07, 6.45) is 4.76. The molecular weight excluding hydrogens is 546 g/mol. The number of nitrogens with zero attached hydrogens (tertiary/aromatic N) is 4. The molecule has 1 aliphatic rings. The predicted molar refractivity (Wildman–Crippen MR) is 152 cm³/mol. The van der Waals surface area contributed by atoms with Crippen molar-refractivity contribution >= 4 is 17.7 Å². The van der Waals surface area contributed by atoms with E-state index < -0.39 is 35.6 Å². The van der Waals surface area contributed by atoms with Crippen LogP contribution in [0.2, 0.25) is 0 Å². The van der Waals surface area contributed by atoms with Gasteiger partial charge in [0, 0.05) is 42.8 Å². The van der Waals surface area contributed by atoms with Gasteiger partial charge in [0.25, 0.3) is 5.56 Å². The molecule has 0 aliphatic carbocycles. The molecule has 4 rings (SSSR count). The number of hydrogen-bond donors (Lipinski definition) is 3. The van der Waals surface area contributed by atoms with Crippen LogP contribution in [0.5, 0.6) is 11.5 Å². The summed E-state index contributed by atoms with van der Waals surface area (Å²) in [7, 11) is 1.51. The maximum Gasteiger partial charge on any atom is 0.328 e. The third kappa shape index (κ3) is 7.06. The molecule has 0 saturated heterocycles. The smallest absolute Gasteiger partial charge is 0.328 e. The number of aromatic nitrogens is 4. The summed E-state index contributed by atoms with van der Waals surface area (Å²) in [6, 6.07) is 4.51. The highest BCUT2D eigenvalue weighted by atomic mass is 16.5. The minimum Gasteiger partial charge on any atom is -0.493 e. The molecule has 0 unspecified atom stereocenters. The Morgan fingerprint density at radius 3 is 2.71 bits per heavy atom. The number of fused-ring (bicyclic) bond motifs is 4. The fraction of sp³-hybridized carbons (Fsp3) is 0.429. The Morgan fingerprint density at radius 2 is 1.98 bits per heavy atom. The lowest BCUT2D eigenvalue weighted by atomic mass is 10.0. The number of ether oxygens (including phenoxy) is 2. The average Bonchev–Trinajstić information content (AvgIpc) is 3.41. The molecule has 14 heteroatoms. The first-order valence-corrected chi connectivity index (χ1v) is 13.5. The summed E-state index contributed by atoms with van der Waals surface area (Å²) in [5.74, 6) is -0.166. The molecule has 1 aromatic carbocycles. The minimum atomic E-state index is -0.840. The topological polar surface area (TPSA) is 170 Å². The van der Waals surface area contributed by atoms with Gasteiger partial charge in [0.05, 0.1) is 20.2 Å². The SMILES string of the molecule is COc1ccc2cc1OCCN(C(=O)Cn1cc(C)c(=O)[nH]c1=O)CC(=O)N[C@H](C(C)C)C(=O)NCCn1ccnc1-2. The Balaban J connectivity index is 1.65. The number of rotatable bonds is 4. The number of aryl methyl sites for hydroxylation is 1. The van der Waals surface area contributed by atoms with Gasteiger partial charge in [-0.05, 0) is 31.0 Å². The van der Waals surface area contributed by atoms with E-state index in [1.807, 2.05) is 24.5 Å². The second kappa shape index (κ2) is 13.2. The lowest BCUT2D eigenvalue weighted by molar-refractivity contribution is -0.138. The second-order valence-electron chi connectivity index (χ2n) is 10.3. The average molecular weight is 582 g/mol. The lowest BCUT2D eigenvalue weighted by Gasteiger charge is -2.26. The standard InChI is InChI=1S/C28H35N7O7/c1-17(2)24-27(39)30-8-10-33-9-7-29-25(33)19-5-6-20(41-4)21(13-19)42-12-11-34(15-22(36)31-24)23(37)16-35-14-18(3)26(38)32-28(35)40/h5-7,9,13-14,17,24H,8,10-12,15-16H2,1-4H3,(H,30,39)(H,31,36)(H,32,38,40)/t24-/m1/s1. The Labute approximate surface area is 241 Å². The van der Waals surface area contributed by atoms with Crippen LogP contribution in [0.25, 0.3) is 11.4 Å². The normalized spacial score (nSPS) is 16.6. The molecule has 3 amide bonds. The second-order valence-corrected chi connectivity index (χ2v) is 10.3. The van der Waals surface area contributed by atoms with Crippen molar-refractivity contribution in [2.24, 2.45) is 5.92 Å². The van der Waals surface area contributed by atoms with Gasteiger partial charge in [-0.15, -0.1) is 0 Å². The fourth-order valence-electron chi connectivity index (χ4n) is 4.55. The number of amides is 3. The van der Waals surface area contributed by atoms with Crippen molar-refractivity contribution in [1.82, 2.24) is 34.6 Å². The zero-order valence-corrected chi connectivity index (χ0v) is 24.0. The monoisotopic (exact) mass is 581 g/mol. The number of carbonyl (C=O) groups excluding carboxylic acids is 3. The largest absolute Gasteiger partial charge is 0.493 e. The van der Waals surface area contributed by atoms with Crippen LogP contribution in [0.4, 0.5) is 0 Å². The van der Waals surface area contributed by atoms with Crippen molar-refractivity contribution in [3.8, 4) is 22.9 Å². The summed E-state index contributed by atoms with van der Waals surface area (Å²) in [5, 5.41) is 5.61. The van der Waals surface area contributed by atoms with Crippen molar-refractivity contribution in [3.63, 3.8) is 0 Å². The van der Waals surface area contributed by atoms with Crippen LogP contribution in [0.15, 0.2) is 46.4 Å². The third-order valence-corrected chi connectivity index (χ3v) is 6.86. The van der Waals surface area contributed by atoms with E-state index in [0.717, 1.165) is 10.1 Å². The molecule has 224 valence electrons. The van der Waals surface area contributed by atoms with Crippen LogP contribution in [0.3, 0.4) is 0 Å². The Hall–Kier alpha value is -4.88. The maximum absolute atomic E-state index is 13.4. The molecular formula is C28H35N7O7. The van der Waals surface area contributed by atoms with Crippen LogP contribution >= 0.6 is 0 Å². The van der Waals surface area contributed by atoms with Crippen LogP contribution in [0, 0.1) is 12.8 Å². The van der Waals surface area contributed by atoms with E-state index in [9.17, 15) is 24.0 Å². The first-order chi connectivity index (χ1) is 20.1. The minimum absolute atomic E-state index is 0.0130. The van der Waals surface area contributed by atoms with Crippen LogP contribution in [-0.4, -0.2) is 81.1 Å². The van der Waals surface area contributed by atoms with Crippen LogP contribution < -0.4 is 31.4 Å². The van der Waals surface area contributed by atoms with Gasteiger partial charge in [0.15, 0.2) is 11.5 Å². The molecule has 1 atom stereocenters. The Morgan fingerprint density at radius 1 is 1.19 bits per heavy atom. The molecule has 3 heterocycles. The van der Waals surface area contributed by atoms with E-state index in [4.69, 9.17) is 9.47 Å². The van der Waals surface area contributed by atoms with Crippen molar-refractivity contribution in [2.45, 2.75) is 39.9 Å². The lowest BCUT2D eigenvalue weighted by Crippen LogP contribution is -2.53. The molecule has 14 nitrogen and oxygen atoms in total. The van der Waals surface area contributed by atoms with Crippen molar-refractivity contribution in [3.05, 3.63) is 63.2 Å². The highest BCUT2D eigenvalue weighted by Crippen LogP contribution is 2.32. The van der Waals surface area contributed by atoms with E-state index >= 15 is 0 Å². The first kappa shape index (κ1) is 30.1. The fourth-order valence-corrected chi connectivity index (χ4v) is 4.55. The molecule has 2 aromatic heterocycles. The maximum atomic E-state index is 13.4. The predicted octanol–water partition coefficient (Wildman–Crippen LogP) is -0.105. The van der Waals surface area contributed by atoms with Gasteiger partial charge in [0.2, 0.25) is 17.7 Å². The highest BCUT2D eigenvalue weighted by Gasteiger charge is 2.26. The van der Waals surface area contributed by atoms with Gasteiger partial charge < -0.3 is 29.6 Å². The Kier molecular flexibility index (Phi) is 9.45. The number of benzene rings is 1. The molecule has 3 N–H and O–H groups in total. The van der Waals surface area contributed by atoms with Gasteiger partial charge in [-0.25, -0.2) is 9.78 Å². The van der Waals surface area contributed by atoms with E-state index in [1.165, 1.54) is 25.1 Å². The van der Waals surface area contributed by atoms with Gasteiger partial charge in [-0.2, -0.15) is 0 Å². The summed E-state index contributed by atoms with van der Waals surface area (Å²) >= 11 is 0. The van der Waals surface area contributed by atoms with Gasteiger partial charge in [-0.1, -0.05) is 13.8 Å². The quantitative estimate of drug-likeness (QED) is 0.384. The summed E-state index contributed by atoms with van der Waals surface area (Å²) < 4.78 is 14.4. The third-order valence-electron chi connectivity index (χ3n) is 6.86. The zero-order chi connectivity index (χ0) is 30.4. The number of H-pyrrole nitrogens is 1. The van der Waals surface area contributed by atoms with Crippen LogP contribution in [-0.2, 0) is 27.5 Å². The van der Waals surface area contributed by atoms with E-state index in [-0.39, 0.29) is 37.1 Å². The van der Waals surface area contributed by atoms with Crippen molar-refractivity contribution in [1.29, 1.82) is 0 Å². The molecule has 0 saturated carbocycles. The number of carbonyl (C=O) groups is 3. The van der Waals surface area contributed by atoms with Crippen molar-refractivity contribution < 1.29 is 23.9 Å². The highest BCUT2D eigenvalue weighted by molar-refractivity contribution is 5.90. The number of methoxy groups -OCH3 is 1. The Bertz CT molecular complexity index is 1570. The first-order valence-electron chi connectivity index (χ1n) is 13.5. The molecule has 1 aliphatic heterocycles. The van der Waals surface area contributed by atoms with Crippen LogP contribution in [0.1, 0.15) is 19.4 Å². The molecule has 42 heavy (non-hydrogen) atoms. The summed E-state index contributed by atoms with van der Waals surface area (Å²) in [5.41, 5.74) is -0.287. The molecule has 0 spiro atoms. The summed E-state index contributed by atoms with van der Waals surface area (Å²) in [6.45, 7) is 5.02. The van der Waals surface area contributed by atoms with E-state index in [0.29, 0.717) is 30.4 Å². The number of aromatic amines is 1. The number of imidazole rings is 1. The molecule has 0 fully saturated rings. The van der Waals surface area contributed by atoms with Gasteiger partial charge >= 0.3 is 5.69 Å². The molecule has 0 radical (unpaired) electrons. The van der Waals surface area contributed by atoms with Gasteiger partial charge in [0.1, 0.15) is 25.0 Å². The summed E-state index contributed by atoms with van der Waals surface area (Å²) in [4.78, 5) is 71.4. The molecule has 2 bridgehead atoms. The van der Waals surface area contributed by atoms with E-state index in [1.54, 1.807) is 24.5 Å². The number of hydrogen-bond acceptors (Lipinski definition) is 8. The number of nitrogens with one attached hydrogen (secondary N) is 3. The van der Waals surface area contributed by atoms with E-state index in [2.05, 4.69) is 20.6 Å². The van der Waals surface area contributed by atoms with Crippen molar-refractivity contribution in [2.75, 3.05) is 33.4 Å². The molecule has 3 aromatic rings. The van der Waals surface area contributed by atoms with Gasteiger partial charge in [-0.3, -0.25) is 28.7 Å².